The standard InChI is InChI=1S/C21H20N4O3S/c1-14(2)28-18-7-3-16(4-8-18)23-21-22-13-15-11-12-25(20(15)24-21)17-5-9-19(10-6-17)29(26)27/h3-14,29H,1-2H3,(H,22,23,24). The summed E-state index contributed by atoms with van der Waals surface area (Å²) in [6.45, 7) is 3.97. The van der Waals surface area contributed by atoms with Crippen LogP contribution in [-0.4, -0.2) is 29.1 Å². The van der Waals surface area contributed by atoms with Gasteiger partial charge in [0, 0.05) is 29.2 Å². The molecule has 0 aliphatic rings. The van der Waals surface area contributed by atoms with Crippen molar-refractivity contribution in [3.05, 3.63) is 67.0 Å². The summed E-state index contributed by atoms with van der Waals surface area (Å²) in [5, 5.41) is 4.08. The van der Waals surface area contributed by atoms with E-state index < -0.39 is 10.7 Å². The molecule has 0 spiro atoms. The van der Waals surface area contributed by atoms with Gasteiger partial charge in [0.2, 0.25) is 5.95 Å². The van der Waals surface area contributed by atoms with Crippen LogP contribution in [0.25, 0.3) is 16.7 Å². The van der Waals surface area contributed by atoms with Crippen LogP contribution >= 0.6 is 0 Å². The Morgan fingerprint density at radius 3 is 2.38 bits per heavy atom. The molecule has 0 radical (unpaired) electrons. The molecule has 0 atom stereocenters. The summed E-state index contributed by atoms with van der Waals surface area (Å²) in [4.78, 5) is 9.28. The molecule has 0 bridgehead atoms. The van der Waals surface area contributed by atoms with Crippen molar-refractivity contribution in [2.75, 3.05) is 5.32 Å². The van der Waals surface area contributed by atoms with E-state index in [4.69, 9.17) is 4.74 Å². The fourth-order valence-corrected chi connectivity index (χ4v) is 3.33. The minimum absolute atomic E-state index is 0.121. The van der Waals surface area contributed by atoms with E-state index >= 15 is 0 Å². The summed E-state index contributed by atoms with van der Waals surface area (Å²) < 4.78 is 29.7. The molecule has 29 heavy (non-hydrogen) atoms. The number of hydrogen-bond donors (Lipinski definition) is 2. The molecule has 0 aliphatic carbocycles. The minimum atomic E-state index is -2.59. The second-order valence-electron chi connectivity index (χ2n) is 6.75. The molecule has 4 rings (SSSR count). The minimum Gasteiger partial charge on any atom is -0.491 e. The quantitative estimate of drug-likeness (QED) is 0.470. The fraction of sp³-hybridized carbons (Fsp3) is 0.143. The summed E-state index contributed by atoms with van der Waals surface area (Å²) in [5.41, 5.74) is 2.39. The molecule has 4 aromatic rings. The Hall–Kier alpha value is -3.39. The Labute approximate surface area is 170 Å². The van der Waals surface area contributed by atoms with Gasteiger partial charge < -0.3 is 14.6 Å². The average Bonchev–Trinajstić information content (AvgIpc) is 3.12. The Morgan fingerprint density at radius 1 is 1.00 bits per heavy atom. The highest BCUT2D eigenvalue weighted by Gasteiger charge is 2.08. The molecule has 0 saturated heterocycles. The molecule has 0 aliphatic heterocycles. The first kappa shape index (κ1) is 18.9. The van der Waals surface area contributed by atoms with Crippen molar-refractivity contribution in [1.82, 2.24) is 14.5 Å². The van der Waals surface area contributed by atoms with Gasteiger partial charge in [0.25, 0.3) is 0 Å². The number of nitrogens with one attached hydrogen (secondary N) is 1. The van der Waals surface area contributed by atoms with Gasteiger partial charge in [-0.25, -0.2) is 13.4 Å². The monoisotopic (exact) mass is 408 g/mol. The molecule has 7 nitrogen and oxygen atoms in total. The second-order valence-corrected chi connectivity index (χ2v) is 7.78. The number of nitrogens with zero attached hydrogens (tertiary/aromatic N) is 3. The van der Waals surface area contributed by atoms with Crippen LogP contribution in [0.15, 0.2) is 71.9 Å². The lowest BCUT2D eigenvalue weighted by Gasteiger charge is -2.11. The molecule has 8 heteroatoms. The smallest absolute Gasteiger partial charge is 0.229 e. The number of ether oxygens (including phenoxy) is 1. The zero-order valence-corrected chi connectivity index (χ0v) is 16.8. The molecular weight excluding hydrogens is 388 g/mol. The van der Waals surface area contributed by atoms with Crippen molar-refractivity contribution < 1.29 is 13.2 Å². The third-order valence-electron chi connectivity index (χ3n) is 4.25. The highest BCUT2D eigenvalue weighted by molar-refractivity contribution is 7.72. The fourth-order valence-electron chi connectivity index (χ4n) is 2.94. The SMILES string of the molecule is CC(C)Oc1ccc(Nc2ncc3ccn(-c4ccc([SH](=O)=O)cc4)c3n2)cc1. The third-order valence-corrected chi connectivity index (χ3v) is 4.97. The van der Waals surface area contributed by atoms with Crippen LogP contribution in [0.5, 0.6) is 5.75 Å². The van der Waals surface area contributed by atoms with Gasteiger partial charge in [-0.3, -0.25) is 0 Å². The maximum Gasteiger partial charge on any atom is 0.229 e. The van der Waals surface area contributed by atoms with Crippen molar-refractivity contribution in [3.8, 4) is 11.4 Å². The first-order valence-corrected chi connectivity index (χ1v) is 10.3. The topological polar surface area (TPSA) is 86.1 Å². The van der Waals surface area contributed by atoms with Crippen LogP contribution in [-0.2, 0) is 10.7 Å². The Morgan fingerprint density at radius 2 is 1.72 bits per heavy atom. The summed E-state index contributed by atoms with van der Waals surface area (Å²) in [6.07, 6.45) is 3.75. The summed E-state index contributed by atoms with van der Waals surface area (Å²) in [7, 11) is -2.59. The maximum atomic E-state index is 11.1. The molecule has 148 valence electrons. The zero-order chi connectivity index (χ0) is 20.4. The van der Waals surface area contributed by atoms with Crippen molar-refractivity contribution in [1.29, 1.82) is 0 Å². The van der Waals surface area contributed by atoms with Gasteiger partial charge >= 0.3 is 0 Å². The van der Waals surface area contributed by atoms with E-state index in [0.717, 1.165) is 28.2 Å². The molecule has 0 fully saturated rings. The molecular formula is C21H20N4O3S. The van der Waals surface area contributed by atoms with Crippen LogP contribution in [0.2, 0.25) is 0 Å². The molecule has 2 aromatic heterocycles. The normalized spacial score (nSPS) is 11.3. The summed E-state index contributed by atoms with van der Waals surface area (Å²) in [6, 6.07) is 16.2. The number of thiol groups is 1. The van der Waals surface area contributed by atoms with Crippen molar-refractivity contribution in [2.24, 2.45) is 0 Å². The largest absolute Gasteiger partial charge is 0.491 e. The van der Waals surface area contributed by atoms with Gasteiger partial charge in [0.1, 0.15) is 11.4 Å². The number of anilines is 2. The summed E-state index contributed by atoms with van der Waals surface area (Å²) in [5.74, 6) is 1.27. The van der Waals surface area contributed by atoms with Crippen molar-refractivity contribution in [2.45, 2.75) is 24.8 Å². The molecule has 2 heterocycles. The predicted octanol–water partition coefficient (Wildman–Crippen LogP) is 3.92. The van der Waals surface area contributed by atoms with Crippen LogP contribution in [0.1, 0.15) is 13.8 Å². The van der Waals surface area contributed by atoms with Gasteiger partial charge in [0.05, 0.1) is 11.0 Å². The Kier molecular flexibility index (Phi) is 5.18. The van der Waals surface area contributed by atoms with E-state index in [2.05, 4.69) is 15.3 Å². The van der Waals surface area contributed by atoms with Gasteiger partial charge in [-0.05, 0) is 68.4 Å². The van der Waals surface area contributed by atoms with Crippen molar-refractivity contribution >= 4 is 33.4 Å². The second kappa shape index (κ2) is 7.92. The lowest BCUT2D eigenvalue weighted by Crippen LogP contribution is -2.05. The summed E-state index contributed by atoms with van der Waals surface area (Å²) >= 11 is 0. The predicted molar refractivity (Wildman–Crippen MR) is 113 cm³/mol. The van der Waals surface area contributed by atoms with E-state index in [1.807, 2.05) is 54.9 Å². The highest BCUT2D eigenvalue weighted by atomic mass is 32.2. The number of benzene rings is 2. The van der Waals surface area contributed by atoms with E-state index in [1.165, 1.54) is 0 Å². The van der Waals surface area contributed by atoms with E-state index in [-0.39, 0.29) is 11.0 Å². The van der Waals surface area contributed by atoms with Gasteiger partial charge in [-0.1, -0.05) is 0 Å². The maximum absolute atomic E-state index is 11.1. The number of rotatable bonds is 6. The molecule has 0 saturated carbocycles. The number of fused-ring (bicyclic) bond motifs is 1. The Bertz CT molecular complexity index is 1210. The lowest BCUT2D eigenvalue weighted by atomic mass is 10.3. The van der Waals surface area contributed by atoms with Gasteiger partial charge in [-0.15, -0.1) is 0 Å². The third kappa shape index (κ3) is 4.22. The lowest BCUT2D eigenvalue weighted by molar-refractivity contribution is 0.242. The van der Waals surface area contributed by atoms with Crippen LogP contribution < -0.4 is 10.1 Å². The number of aromatic nitrogens is 3. The van der Waals surface area contributed by atoms with Crippen molar-refractivity contribution in [3.63, 3.8) is 0 Å². The van der Waals surface area contributed by atoms with Crippen LogP contribution in [0.3, 0.4) is 0 Å². The van der Waals surface area contributed by atoms with Crippen LogP contribution in [0.4, 0.5) is 11.6 Å². The van der Waals surface area contributed by atoms with E-state index in [1.54, 1.807) is 30.5 Å². The Balaban J connectivity index is 1.61. The number of hydrogen-bond acceptors (Lipinski definition) is 6. The van der Waals surface area contributed by atoms with Gasteiger partial charge in [-0.2, -0.15) is 4.98 Å². The van der Waals surface area contributed by atoms with Gasteiger partial charge in [0.15, 0.2) is 10.7 Å². The molecule has 1 N–H and O–H groups in total. The molecule has 0 unspecified atom stereocenters. The first-order chi connectivity index (χ1) is 14.0. The molecule has 0 amide bonds. The zero-order valence-electron chi connectivity index (χ0n) is 15.9. The average molecular weight is 408 g/mol. The van der Waals surface area contributed by atoms with Crippen LogP contribution in [0, 0.1) is 0 Å². The highest BCUT2D eigenvalue weighted by Crippen LogP contribution is 2.23. The van der Waals surface area contributed by atoms with E-state index in [9.17, 15) is 8.42 Å². The molecule has 2 aromatic carbocycles. The first-order valence-electron chi connectivity index (χ1n) is 9.12. The van der Waals surface area contributed by atoms with E-state index in [0.29, 0.717) is 5.95 Å².